The number of piperazine rings is 1. The van der Waals surface area contributed by atoms with Crippen LogP contribution in [0.25, 0.3) is 0 Å². The van der Waals surface area contributed by atoms with Crippen LogP contribution in [0.4, 0.5) is 11.4 Å². The third-order valence-corrected chi connectivity index (χ3v) is 5.15. The third-order valence-electron chi connectivity index (χ3n) is 4.28. The van der Waals surface area contributed by atoms with E-state index < -0.39 is 0 Å². The average Bonchev–Trinajstić information content (AvgIpc) is 2.59. The van der Waals surface area contributed by atoms with Crippen LogP contribution in [-0.2, 0) is 4.79 Å². The lowest BCUT2D eigenvalue weighted by Gasteiger charge is -2.33. The molecule has 0 aromatic heterocycles. The molecule has 25 heavy (non-hydrogen) atoms. The minimum Gasteiger partial charge on any atom is -0.360 e. The summed E-state index contributed by atoms with van der Waals surface area (Å²) in [7, 11) is 0. The van der Waals surface area contributed by atoms with Crippen molar-refractivity contribution in [2.24, 2.45) is 0 Å². The van der Waals surface area contributed by atoms with E-state index in [0.29, 0.717) is 22.3 Å². The van der Waals surface area contributed by atoms with Crippen LogP contribution in [0.1, 0.15) is 0 Å². The molecule has 0 atom stereocenters. The highest BCUT2D eigenvalue weighted by molar-refractivity contribution is 6.39. The van der Waals surface area contributed by atoms with E-state index in [2.05, 4.69) is 16.3 Å². The molecule has 132 valence electrons. The zero-order chi connectivity index (χ0) is 17.8. The summed E-state index contributed by atoms with van der Waals surface area (Å²) in [5.41, 5.74) is 1.60. The molecule has 0 bridgehead atoms. The molecule has 1 saturated heterocycles. The molecule has 1 aliphatic rings. The number of benzene rings is 2. The van der Waals surface area contributed by atoms with Crippen LogP contribution < -0.4 is 15.1 Å². The van der Waals surface area contributed by atoms with E-state index in [1.807, 2.05) is 18.2 Å². The fraction of sp³-hybridized carbons (Fsp3) is 0.278. The van der Waals surface area contributed by atoms with E-state index >= 15 is 0 Å². The number of halogens is 3. The molecular weight excluding hydrogens is 381 g/mol. The minimum absolute atomic E-state index is 0.0822. The summed E-state index contributed by atoms with van der Waals surface area (Å²) in [6.07, 6.45) is 0. The monoisotopic (exact) mass is 398 g/mol. The Morgan fingerprint density at radius 1 is 1.04 bits per heavy atom. The van der Waals surface area contributed by atoms with E-state index in [1.165, 1.54) is 4.90 Å². The van der Waals surface area contributed by atoms with Crippen LogP contribution in [0.15, 0.2) is 42.5 Å². The molecule has 7 heteroatoms. The molecule has 1 aliphatic heterocycles. The number of carbonyl (C=O) groups is 1. The number of carbonyl (C=O) groups excluding carboxylic acids is 1. The molecule has 0 saturated carbocycles. The SMILES string of the molecule is O=C(C[NH+]1CCN(c2cccc(Cl)c2)CC1)Nc1c(Cl)cccc1Cl. The van der Waals surface area contributed by atoms with Crippen LogP contribution in [0.2, 0.25) is 15.1 Å². The highest BCUT2D eigenvalue weighted by Gasteiger charge is 2.23. The van der Waals surface area contributed by atoms with E-state index in [0.717, 1.165) is 36.9 Å². The Bertz CT molecular complexity index is 741. The van der Waals surface area contributed by atoms with Crippen LogP contribution in [-0.4, -0.2) is 38.6 Å². The fourth-order valence-corrected chi connectivity index (χ4v) is 3.64. The highest BCUT2D eigenvalue weighted by atomic mass is 35.5. The summed E-state index contributed by atoms with van der Waals surface area (Å²) in [5, 5.41) is 4.45. The molecule has 0 unspecified atom stereocenters. The number of nitrogens with zero attached hydrogens (tertiary/aromatic N) is 1. The molecule has 0 radical (unpaired) electrons. The van der Waals surface area contributed by atoms with Crippen LogP contribution >= 0.6 is 34.8 Å². The summed E-state index contributed by atoms with van der Waals surface area (Å²) in [6.45, 7) is 3.93. The predicted octanol–water partition coefficient (Wildman–Crippen LogP) is 2.99. The van der Waals surface area contributed by atoms with Crippen LogP contribution in [0.5, 0.6) is 0 Å². The van der Waals surface area contributed by atoms with Gasteiger partial charge in [-0.3, -0.25) is 4.79 Å². The predicted molar refractivity (Wildman–Crippen MR) is 104 cm³/mol. The van der Waals surface area contributed by atoms with Gasteiger partial charge < -0.3 is 15.1 Å². The Morgan fingerprint density at radius 2 is 1.68 bits per heavy atom. The number of rotatable bonds is 4. The van der Waals surface area contributed by atoms with Crippen molar-refractivity contribution in [2.75, 3.05) is 42.9 Å². The second kappa shape index (κ2) is 8.28. The maximum atomic E-state index is 12.3. The van der Waals surface area contributed by atoms with Crippen molar-refractivity contribution in [3.05, 3.63) is 57.5 Å². The standard InChI is InChI=1S/C18H18Cl3N3O/c19-13-3-1-4-14(11-13)24-9-7-23(8-10-24)12-17(25)22-18-15(20)5-2-6-16(18)21/h1-6,11H,7-10,12H2,(H,22,25)/p+1. The Labute approximate surface area is 162 Å². The third kappa shape index (κ3) is 4.79. The lowest BCUT2D eigenvalue weighted by atomic mass is 10.2. The van der Waals surface area contributed by atoms with Gasteiger partial charge in [0, 0.05) is 10.7 Å². The van der Waals surface area contributed by atoms with Gasteiger partial charge in [0.25, 0.3) is 5.91 Å². The summed E-state index contributed by atoms with van der Waals surface area (Å²) in [5.74, 6) is -0.0822. The quantitative estimate of drug-likeness (QED) is 0.829. The zero-order valence-electron chi connectivity index (χ0n) is 13.6. The Balaban J connectivity index is 1.53. The molecule has 2 aromatic carbocycles. The Kier molecular flexibility index (Phi) is 6.07. The number of quaternary nitrogens is 1. The molecule has 1 heterocycles. The van der Waals surface area contributed by atoms with Crippen molar-refractivity contribution in [1.29, 1.82) is 0 Å². The smallest absolute Gasteiger partial charge is 0.279 e. The topological polar surface area (TPSA) is 36.8 Å². The van der Waals surface area contributed by atoms with Crippen LogP contribution in [0, 0.1) is 0 Å². The summed E-state index contributed by atoms with van der Waals surface area (Å²) in [4.78, 5) is 15.8. The largest absolute Gasteiger partial charge is 0.360 e. The van der Waals surface area contributed by atoms with Crippen molar-refractivity contribution in [2.45, 2.75) is 0 Å². The molecule has 1 fully saturated rings. The van der Waals surface area contributed by atoms with Gasteiger partial charge in [0.2, 0.25) is 0 Å². The molecule has 2 aromatic rings. The molecular formula is C18H19Cl3N3O+. The van der Waals surface area contributed by atoms with Crippen molar-refractivity contribution in [3.8, 4) is 0 Å². The molecule has 1 amide bonds. The normalized spacial score (nSPS) is 15.2. The average molecular weight is 400 g/mol. The minimum atomic E-state index is -0.0822. The first-order valence-electron chi connectivity index (χ1n) is 8.11. The van der Waals surface area contributed by atoms with Crippen molar-refractivity contribution in [1.82, 2.24) is 0 Å². The van der Waals surface area contributed by atoms with Gasteiger partial charge in [-0.05, 0) is 30.3 Å². The van der Waals surface area contributed by atoms with Gasteiger partial charge in [0.1, 0.15) is 0 Å². The number of hydrogen-bond acceptors (Lipinski definition) is 2. The first-order valence-corrected chi connectivity index (χ1v) is 9.24. The van der Waals surface area contributed by atoms with Gasteiger partial charge in [-0.1, -0.05) is 46.9 Å². The summed E-state index contributed by atoms with van der Waals surface area (Å²) < 4.78 is 0. The number of amides is 1. The summed E-state index contributed by atoms with van der Waals surface area (Å²) in [6, 6.07) is 13.0. The molecule has 4 nitrogen and oxygen atoms in total. The van der Waals surface area contributed by atoms with Crippen molar-refractivity contribution >= 4 is 52.1 Å². The lowest BCUT2D eigenvalue weighted by molar-refractivity contribution is -0.892. The van der Waals surface area contributed by atoms with Gasteiger partial charge in [-0.25, -0.2) is 0 Å². The maximum absolute atomic E-state index is 12.3. The van der Waals surface area contributed by atoms with E-state index in [-0.39, 0.29) is 5.91 Å². The number of nitrogens with one attached hydrogen (secondary N) is 2. The van der Waals surface area contributed by atoms with Gasteiger partial charge in [-0.2, -0.15) is 0 Å². The first-order chi connectivity index (χ1) is 12.0. The fourth-order valence-electron chi connectivity index (χ4n) is 2.96. The molecule has 2 N–H and O–H groups in total. The van der Waals surface area contributed by atoms with Gasteiger partial charge >= 0.3 is 0 Å². The second-order valence-corrected chi connectivity index (χ2v) is 7.29. The molecule has 3 rings (SSSR count). The van der Waals surface area contributed by atoms with E-state index in [9.17, 15) is 4.79 Å². The molecule has 0 aliphatic carbocycles. The Morgan fingerprint density at radius 3 is 2.32 bits per heavy atom. The number of para-hydroxylation sites is 1. The first kappa shape index (κ1) is 18.3. The van der Waals surface area contributed by atoms with Crippen LogP contribution in [0.3, 0.4) is 0 Å². The highest BCUT2D eigenvalue weighted by Crippen LogP contribution is 2.29. The van der Waals surface area contributed by atoms with Gasteiger partial charge in [-0.15, -0.1) is 0 Å². The summed E-state index contributed by atoms with van der Waals surface area (Å²) >= 11 is 18.2. The van der Waals surface area contributed by atoms with Gasteiger partial charge in [0.05, 0.1) is 41.9 Å². The maximum Gasteiger partial charge on any atom is 0.279 e. The van der Waals surface area contributed by atoms with Crippen molar-refractivity contribution in [3.63, 3.8) is 0 Å². The van der Waals surface area contributed by atoms with Gasteiger partial charge in [0.15, 0.2) is 6.54 Å². The van der Waals surface area contributed by atoms with E-state index in [1.54, 1.807) is 18.2 Å². The van der Waals surface area contributed by atoms with E-state index in [4.69, 9.17) is 34.8 Å². The number of anilines is 2. The Hall–Kier alpha value is -1.46. The van der Waals surface area contributed by atoms with Crippen molar-refractivity contribution < 1.29 is 9.69 Å². The second-order valence-electron chi connectivity index (χ2n) is 6.04. The molecule has 0 spiro atoms. The zero-order valence-corrected chi connectivity index (χ0v) is 15.8. The number of hydrogen-bond donors (Lipinski definition) is 2. The lowest BCUT2D eigenvalue weighted by Crippen LogP contribution is -3.15.